The molecule has 0 saturated heterocycles. The number of thiazole rings is 1. The van der Waals surface area contributed by atoms with Crippen LogP contribution in [0.1, 0.15) is 6.92 Å². The van der Waals surface area contributed by atoms with Gasteiger partial charge in [-0.15, -0.1) is 11.3 Å². The number of ether oxygens (including phenoxy) is 1. The number of nitrogens with zero attached hydrogens (tertiary/aromatic N) is 3. The lowest BCUT2D eigenvalue weighted by atomic mass is 10.2. The number of nitrogens with one attached hydrogen (secondary N) is 1. The van der Waals surface area contributed by atoms with E-state index in [1.54, 1.807) is 17.5 Å². The van der Waals surface area contributed by atoms with Gasteiger partial charge in [0.25, 0.3) is 5.91 Å². The Balaban J connectivity index is 1.67. The Hall–Kier alpha value is -3.40. The minimum atomic E-state index is -1.01. The highest BCUT2D eigenvalue weighted by Gasteiger charge is 2.22. The van der Waals surface area contributed by atoms with Crippen LogP contribution >= 0.6 is 11.3 Å². The maximum Gasteiger partial charge on any atom is 0.406 e. The lowest BCUT2D eigenvalue weighted by Gasteiger charge is -2.13. The summed E-state index contributed by atoms with van der Waals surface area (Å²) in [6.07, 6.45) is 0.258. The van der Waals surface area contributed by atoms with E-state index in [-0.39, 0.29) is 11.6 Å². The molecule has 138 valence electrons. The molecule has 0 bridgehead atoms. The highest BCUT2D eigenvalue weighted by Crippen LogP contribution is 2.26. The molecule has 3 aromatic rings. The summed E-state index contributed by atoms with van der Waals surface area (Å²) in [5, 5.41) is 15.6. The van der Waals surface area contributed by atoms with E-state index in [1.807, 2.05) is 0 Å². The number of rotatable bonds is 6. The van der Waals surface area contributed by atoms with Crippen LogP contribution in [0.15, 0.2) is 48.0 Å². The minimum Gasteiger partial charge on any atom is -0.473 e. The van der Waals surface area contributed by atoms with Crippen LogP contribution < -0.4 is 10.1 Å². The van der Waals surface area contributed by atoms with Crippen molar-refractivity contribution in [2.24, 2.45) is 0 Å². The number of pyridine rings is 1. The first-order chi connectivity index (χ1) is 12.9. The summed E-state index contributed by atoms with van der Waals surface area (Å²) in [6.45, 7) is 1.46. The summed E-state index contributed by atoms with van der Waals surface area (Å²) >= 11 is 1.20. The third-order valence-electron chi connectivity index (χ3n) is 3.47. The number of benzene rings is 1. The first-order valence-electron chi connectivity index (χ1n) is 7.72. The first kappa shape index (κ1) is 18.4. The number of amides is 1. The Bertz CT molecular complexity index is 977. The Morgan fingerprint density at radius 3 is 2.78 bits per heavy atom. The van der Waals surface area contributed by atoms with Crippen LogP contribution in [0.3, 0.4) is 0 Å². The third-order valence-corrected chi connectivity index (χ3v) is 4.23. The number of carbonyl (C=O) groups excluding carboxylic acids is 1. The molecule has 1 N–H and O–H groups in total. The number of nitro groups is 1. The molecule has 1 amide bonds. The van der Waals surface area contributed by atoms with Crippen molar-refractivity contribution in [2.45, 2.75) is 13.0 Å². The van der Waals surface area contributed by atoms with E-state index in [4.69, 9.17) is 4.74 Å². The van der Waals surface area contributed by atoms with Gasteiger partial charge < -0.3 is 14.9 Å². The Morgan fingerprint density at radius 1 is 1.33 bits per heavy atom. The van der Waals surface area contributed by atoms with Gasteiger partial charge in [0, 0.05) is 10.9 Å². The SMILES string of the molecule is CC(Oc1cccnc1[N+](=O)[O-])C(=O)Nc1nc(-c2ccc(F)cc2)cs1. The summed E-state index contributed by atoms with van der Waals surface area (Å²) in [5.74, 6) is -1.44. The van der Waals surface area contributed by atoms with Crippen LogP contribution in [0, 0.1) is 15.9 Å². The molecule has 0 spiro atoms. The smallest absolute Gasteiger partial charge is 0.406 e. The largest absolute Gasteiger partial charge is 0.473 e. The maximum absolute atomic E-state index is 13.0. The fourth-order valence-corrected chi connectivity index (χ4v) is 2.87. The molecule has 1 aromatic carbocycles. The van der Waals surface area contributed by atoms with E-state index < -0.39 is 22.8 Å². The van der Waals surface area contributed by atoms with Crippen molar-refractivity contribution in [1.82, 2.24) is 9.97 Å². The number of hydrogen-bond acceptors (Lipinski definition) is 7. The summed E-state index contributed by atoms with van der Waals surface area (Å²) in [7, 11) is 0. The number of hydrogen-bond donors (Lipinski definition) is 1. The fourth-order valence-electron chi connectivity index (χ4n) is 2.15. The number of anilines is 1. The van der Waals surface area contributed by atoms with E-state index in [0.29, 0.717) is 16.4 Å². The molecule has 2 aromatic heterocycles. The minimum absolute atomic E-state index is 0.101. The Labute approximate surface area is 156 Å². The van der Waals surface area contributed by atoms with Crippen molar-refractivity contribution in [1.29, 1.82) is 0 Å². The van der Waals surface area contributed by atoms with Crippen molar-refractivity contribution < 1.29 is 18.8 Å². The second kappa shape index (κ2) is 7.87. The van der Waals surface area contributed by atoms with Gasteiger partial charge in [-0.05, 0) is 53.2 Å². The molecular formula is C17H13FN4O4S. The van der Waals surface area contributed by atoms with Crippen LogP contribution in [0.25, 0.3) is 11.3 Å². The van der Waals surface area contributed by atoms with Gasteiger partial charge in [-0.25, -0.2) is 9.37 Å². The average Bonchev–Trinajstić information content (AvgIpc) is 3.11. The topological polar surface area (TPSA) is 107 Å². The zero-order valence-corrected chi connectivity index (χ0v) is 14.8. The van der Waals surface area contributed by atoms with Crippen LogP contribution in [0.4, 0.5) is 15.3 Å². The van der Waals surface area contributed by atoms with Gasteiger partial charge in [0.05, 0.1) is 5.69 Å². The molecule has 1 unspecified atom stereocenters. The van der Waals surface area contributed by atoms with Crippen molar-refractivity contribution in [2.75, 3.05) is 5.32 Å². The number of aromatic nitrogens is 2. The highest BCUT2D eigenvalue weighted by molar-refractivity contribution is 7.14. The molecule has 0 saturated carbocycles. The first-order valence-corrected chi connectivity index (χ1v) is 8.60. The fraction of sp³-hybridized carbons (Fsp3) is 0.118. The standard InChI is InChI=1S/C17H13FN4O4S/c1-10(26-14-3-2-8-19-15(14)22(24)25)16(23)21-17-20-13(9-27-17)11-4-6-12(18)7-5-11/h2-10H,1H3,(H,20,21,23). The molecular weight excluding hydrogens is 375 g/mol. The molecule has 0 aliphatic rings. The number of carbonyl (C=O) groups is 1. The van der Waals surface area contributed by atoms with Crippen molar-refractivity contribution in [3.63, 3.8) is 0 Å². The number of halogens is 1. The summed E-state index contributed by atoms with van der Waals surface area (Å²) in [5.41, 5.74) is 1.30. The van der Waals surface area contributed by atoms with Crippen LogP contribution in [-0.4, -0.2) is 26.9 Å². The van der Waals surface area contributed by atoms with Crippen LogP contribution in [-0.2, 0) is 4.79 Å². The molecule has 2 heterocycles. The molecule has 0 radical (unpaired) electrons. The van der Waals surface area contributed by atoms with E-state index in [0.717, 1.165) is 0 Å². The zero-order valence-electron chi connectivity index (χ0n) is 14.0. The lowest BCUT2D eigenvalue weighted by molar-refractivity contribution is -0.390. The zero-order chi connectivity index (χ0) is 19.4. The normalized spacial score (nSPS) is 11.6. The quantitative estimate of drug-likeness (QED) is 0.510. The molecule has 8 nitrogen and oxygen atoms in total. The third kappa shape index (κ3) is 4.42. The molecule has 0 aliphatic heterocycles. The maximum atomic E-state index is 13.0. The summed E-state index contributed by atoms with van der Waals surface area (Å²) < 4.78 is 18.4. The van der Waals surface area contributed by atoms with Crippen molar-refractivity contribution in [3.8, 4) is 17.0 Å². The Morgan fingerprint density at radius 2 is 2.07 bits per heavy atom. The monoisotopic (exact) mass is 388 g/mol. The predicted molar refractivity (Wildman–Crippen MR) is 97.1 cm³/mol. The lowest BCUT2D eigenvalue weighted by Crippen LogP contribution is -2.30. The van der Waals surface area contributed by atoms with Gasteiger partial charge in [-0.2, -0.15) is 0 Å². The van der Waals surface area contributed by atoms with Crippen LogP contribution in [0.2, 0.25) is 0 Å². The van der Waals surface area contributed by atoms with Crippen LogP contribution in [0.5, 0.6) is 5.75 Å². The van der Waals surface area contributed by atoms with Crippen molar-refractivity contribution in [3.05, 3.63) is 63.9 Å². The van der Waals surface area contributed by atoms with E-state index in [1.165, 1.54) is 48.7 Å². The van der Waals surface area contributed by atoms with Gasteiger partial charge in [0.15, 0.2) is 11.2 Å². The highest BCUT2D eigenvalue weighted by atomic mass is 32.1. The van der Waals surface area contributed by atoms with E-state index in [2.05, 4.69) is 15.3 Å². The summed E-state index contributed by atoms with van der Waals surface area (Å²) in [4.78, 5) is 30.4. The molecule has 10 heteroatoms. The predicted octanol–water partition coefficient (Wildman–Crippen LogP) is 3.66. The second-order valence-electron chi connectivity index (χ2n) is 5.38. The average molecular weight is 388 g/mol. The van der Waals surface area contributed by atoms with Crippen molar-refractivity contribution >= 4 is 28.2 Å². The van der Waals surface area contributed by atoms with Gasteiger partial charge >= 0.3 is 5.82 Å². The Kier molecular flexibility index (Phi) is 5.36. The van der Waals surface area contributed by atoms with Gasteiger partial charge in [0.1, 0.15) is 12.0 Å². The molecule has 27 heavy (non-hydrogen) atoms. The van der Waals surface area contributed by atoms with Gasteiger partial charge in [-0.3, -0.25) is 10.1 Å². The second-order valence-corrected chi connectivity index (χ2v) is 6.23. The van der Waals surface area contributed by atoms with E-state index in [9.17, 15) is 19.3 Å². The molecule has 0 fully saturated rings. The van der Waals surface area contributed by atoms with Gasteiger partial charge in [0.2, 0.25) is 5.75 Å². The molecule has 1 atom stereocenters. The summed E-state index contributed by atoms with van der Waals surface area (Å²) in [6, 6.07) is 8.66. The van der Waals surface area contributed by atoms with E-state index >= 15 is 0 Å². The molecule has 3 rings (SSSR count). The molecule has 0 aliphatic carbocycles. The van der Waals surface area contributed by atoms with Gasteiger partial charge in [-0.1, -0.05) is 0 Å².